The summed E-state index contributed by atoms with van der Waals surface area (Å²) >= 11 is 0. The Bertz CT molecular complexity index is 649. The molecule has 1 aromatic rings. The zero-order valence-electron chi connectivity index (χ0n) is 9.95. The Morgan fingerprint density at radius 3 is 2.42 bits per heavy atom. The SMILES string of the molecule is C/C(=C\C(=O)O)C(=O)Nc1ccccc1S(N)(=O)=O. The van der Waals surface area contributed by atoms with Crippen LogP contribution in [0, 0.1) is 0 Å². The van der Waals surface area contributed by atoms with Gasteiger partial charge in [0.1, 0.15) is 4.90 Å². The summed E-state index contributed by atoms with van der Waals surface area (Å²) in [5.41, 5.74) is -0.0788. The number of primary sulfonamides is 1. The van der Waals surface area contributed by atoms with Gasteiger partial charge in [0.2, 0.25) is 10.0 Å². The lowest BCUT2D eigenvalue weighted by Crippen LogP contribution is -2.19. The number of aliphatic carboxylic acids is 1. The van der Waals surface area contributed by atoms with Crippen molar-refractivity contribution >= 4 is 27.6 Å². The van der Waals surface area contributed by atoms with Crippen molar-refractivity contribution in [3.8, 4) is 0 Å². The number of nitrogens with one attached hydrogen (secondary N) is 1. The molecule has 0 atom stereocenters. The van der Waals surface area contributed by atoms with Crippen LogP contribution in [0.5, 0.6) is 0 Å². The van der Waals surface area contributed by atoms with E-state index in [1.54, 1.807) is 0 Å². The lowest BCUT2D eigenvalue weighted by Gasteiger charge is -2.09. The molecule has 1 aromatic carbocycles. The molecule has 0 aliphatic carbocycles. The Morgan fingerprint density at radius 2 is 1.89 bits per heavy atom. The number of anilines is 1. The molecule has 0 aromatic heterocycles. The van der Waals surface area contributed by atoms with E-state index in [1.165, 1.54) is 31.2 Å². The predicted molar refractivity (Wildman–Crippen MR) is 67.8 cm³/mol. The summed E-state index contributed by atoms with van der Waals surface area (Å²) in [7, 11) is -3.98. The van der Waals surface area contributed by atoms with E-state index < -0.39 is 21.9 Å². The van der Waals surface area contributed by atoms with Gasteiger partial charge < -0.3 is 10.4 Å². The molecule has 0 fully saturated rings. The maximum Gasteiger partial charge on any atom is 0.328 e. The number of benzene rings is 1. The summed E-state index contributed by atoms with van der Waals surface area (Å²) in [4.78, 5) is 21.8. The van der Waals surface area contributed by atoms with Gasteiger partial charge in [0.15, 0.2) is 0 Å². The van der Waals surface area contributed by atoms with Crippen LogP contribution in [0.4, 0.5) is 5.69 Å². The van der Waals surface area contributed by atoms with Crippen LogP contribution in [0.3, 0.4) is 0 Å². The first-order chi connectivity index (χ1) is 8.71. The summed E-state index contributed by atoms with van der Waals surface area (Å²) < 4.78 is 22.6. The number of sulfonamides is 1. The quantitative estimate of drug-likeness (QED) is 0.685. The molecule has 8 heteroatoms. The van der Waals surface area contributed by atoms with E-state index in [0.29, 0.717) is 0 Å². The van der Waals surface area contributed by atoms with Crippen LogP contribution in [-0.2, 0) is 19.6 Å². The smallest absolute Gasteiger partial charge is 0.328 e. The highest BCUT2D eigenvalue weighted by Gasteiger charge is 2.15. The standard InChI is InChI=1S/C11H12N2O5S/c1-7(6-10(14)15)11(16)13-8-4-2-3-5-9(8)19(12,17)18/h2-6H,1H3,(H,13,16)(H,14,15)(H2,12,17,18)/b7-6+. The van der Waals surface area contributed by atoms with Crippen molar-refractivity contribution < 1.29 is 23.1 Å². The number of carboxylic acid groups (broad SMARTS) is 1. The number of hydrogen-bond donors (Lipinski definition) is 3. The molecule has 1 rings (SSSR count). The summed E-state index contributed by atoms with van der Waals surface area (Å²) in [6.45, 7) is 1.29. The van der Waals surface area contributed by atoms with Crippen LogP contribution in [-0.4, -0.2) is 25.4 Å². The molecule has 0 spiro atoms. The lowest BCUT2D eigenvalue weighted by molar-refractivity contribution is -0.131. The van der Waals surface area contributed by atoms with Crippen molar-refractivity contribution in [3.63, 3.8) is 0 Å². The van der Waals surface area contributed by atoms with Gasteiger partial charge in [0, 0.05) is 11.6 Å². The number of amides is 1. The first kappa shape index (κ1) is 14.9. The molecule has 1 amide bonds. The van der Waals surface area contributed by atoms with Gasteiger partial charge in [-0.25, -0.2) is 18.4 Å². The first-order valence-corrected chi connectivity index (χ1v) is 6.61. The van der Waals surface area contributed by atoms with Crippen LogP contribution in [0.1, 0.15) is 6.92 Å². The van der Waals surface area contributed by atoms with Gasteiger partial charge in [-0.15, -0.1) is 0 Å². The third-order valence-electron chi connectivity index (χ3n) is 2.14. The van der Waals surface area contributed by atoms with Gasteiger partial charge in [-0.1, -0.05) is 12.1 Å². The molecular formula is C11H12N2O5S. The average Bonchev–Trinajstić information content (AvgIpc) is 2.27. The number of carbonyl (C=O) groups excluding carboxylic acids is 1. The summed E-state index contributed by atoms with van der Waals surface area (Å²) in [5, 5.41) is 15.8. The van der Waals surface area contributed by atoms with Crippen LogP contribution in [0.15, 0.2) is 40.8 Å². The molecule has 0 aliphatic heterocycles. The highest BCUT2D eigenvalue weighted by molar-refractivity contribution is 7.89. The molecule has 7 nitrogen and oxygen atoms in total. The van der Waals surface area contributed by atoms with Gasteiger partial charge in [-0.3, -0.25) is 4.79 Å². The monoisotopic (exact) mass is 284 g/mol. The summed E-state index contributed by atoms with van der Waals surface area (Å²) in [6.07, 6.45) is 0.717. The molecule has 0 heterocycles. The maximum atomic E-state index is 11.6. The minimum absolute atomic E-state index is 0.00635. The van der Waals surface area contributed by atoms with Crippen LogP contribution >= 0.6 is 0 Å². The maximum absolute atomic E-state index is 11.6. The summed E-state index contributed by atoms with van der Waals surface area (Å²) in [5.74, 6) is -1.99. The van der Waals surface area contributed by atoms with Gasteiger partial charge in [0.25, 0.3) is 5.91 Å². The van der Waals surface area contributed by atoms with Crippen molar-refractivity contribution in [3.05, 3.63) is 35.9 Å². The Hall–Kier alpha value is -2.19. The van der Waals surface area contributed by atoms with Crippen molar-refractivity contribution in [1.29, 1.82) is 0 Å². The fourth-order valence-corrected chi connectivity index (χ4v) is 1.98. The molecule has 19 heavy (non-hydrogen) atoms. The topological polar surface area (TPSA) is 127 Å². The lowest BCUT2D eigenvalue weighted by atomic mass is 10.2. The second-order valence-corrected chi connectivity index (χ2v) is 5.19. The van der Waals surface area contributed by atoms with Crippen LogP contribution in [0.25, 0.3) is 0 Å². The molecule has 0 saturated heterocycles. The molecule has 0 unspecified atom stereocenters. The van der Waals surface area contributed by atoms with Gasteiger partial charge in [-0.2, -0.15) is 0 Å². The fraction of sp³-hybridized carbons (Fsp3) is 0.0909. The van der Waals surface area contributed by atoms with E-state index in [9.17, 15) is 18.0 Å². The molecule has 0 aliphatic rings. The number of nitrogens with two attached hydrogens (primary N) is 1. The van der Waals surface area contributed by atoms with Crippen molar-refractivity contribution in [1.82, 2.24) is 0 Å². The fourth-order valence-electron chi connectivity index (χ4n) is 1.29. The van der Waals surface area contributed by atoms with E-state index in [0.717, 1.165) is 6.08 Å². The number of carbonyl (C=O) groups is 2. The molecular weight excluding hydrogens is 272 g/mol. The molecule has 0 bridgehead atoms. The number of rotatable bonds is 4. The molecule has 0 radical (unpaired) electrons. The van der Waals surface area contributed by atoms with E-state index in [1.807, 2.05) is 0 Å². The normalized spacial score (nSPS) is 12.0. The van der Waals surface area contributed by atoms with Gasteiger partial charge in [-0.05, 0) is 19.1 Å². The number of hydrogen-bond acceptors (Lipinski definition) is 4. The third kappa shape index (κ3) is 4.19. The van der Waals surface area contributed by atoms with E-state index in [4.69, 9.17) is 10.2 Å². The molecule has 0 saturated carbocycles. The minimum Gasteiger partial charge on any atom is -0.478 e. The van der Waals surface area contributed by atoms with Crippen LogP contribution < -0.4 is 10.5 Å². The highest BCUT2D eigenvalue weighted by Crippen LogP contribution is 2.19. The second kappa shape index (κ2) is 5.63. The third-order valence-corrected chi connectivity index (χ3v) is 3.11. The van der Waals surface area contributed by atoms with Crippen molar-refractivity contribution in [2.45, 2.75) is 11.8 Å². The second-order valence-electron chi connectivity index (χ2n) is 3.66. The molecule has 102 valence electrons. The average molecular weight is 284 g/mol. The highest BCUT2D eigenvalue weighted by atomic mass is 32.2. The number of para-hydroxylation sites is 1. The zero-order valence-corrected chi connectivity index (χ0v) is 10.8. The van der Waals surface area contributed by atoms with E-state index in [2.05, 4.69) is 5.32 Å². The number of carboxylic acids is 1. The zero-order chi connectivity index (χ0) is 14.6. The first-order valence-electron chi connectivity index (χ1n) is 5.06. The van der Waals surface area contributed by atoms with Gasteiger partial charge in [0.05, 0.1) is 5.69 Å². The van der Waals surface area contributed by atoms with E-state index in [-0.39, 0.29) is 16.2 Å². The Labute approximate surface area is 109 Å². The Morgan fingerprint density at radius 1 is 1.32 bits per heavy atom. The Kier molecular flexibility index (Phi) is 4.41. The van der Waals surface area contributed by atoms with E-state index >= 15 is 0 Å². The van der Waals surface area contributed by atoms with Crippen LogP contribution in [0.2, 0.25) is 0 Å². The van der Waals surface area contributed by atoms with Crippen molar-refractivity contribution in [2.75, 3.05) is 5.32 Å². The largest absolute Gasteiger partial charge is 0.478 e. The summed E-state index contributed by atoms with van der Waals surface area (Å²) in [6, 6.07) is 5.56. The van der Waals surface area contributed by atoms with Crippen molar-refractivity contribution in [2.24, 2.45) is 5.14 Å². The minimum atomic E-state index is -3.98. The van der Waals surface area contributed by atoms with Gasteiger partial charge >= 0.3 is 5.97 Å². The Balaban J connectivity index is 3.08. The molecule has 4 N–H and O–H groups in total. The predicted octanol–water partition coefficient (Wildman–Crippen LogP) is 0.303.